The second kappa shape index (κ2) is 10.9. The van der Waals surface area contributed by atoms with Gasteiger partial charge in [-0.3, -0.25) is 4.40 Å². The van der Waals surface area contributed by atoms with Gasteiger partial charge in [0.2, 0.25) is 5.95 Å². The Morgan fingerprint density at radius 2 is 1.75 bits per heavy atom. The van der Waals surface area contributed by atoms with E-state index in [0.29, 0.717) is 23.6 Å². The second-order valence-corrected chi connectivity index (χ2v) is 12.4. The lowest BCUT2D eigenvalue weighted by molar-refractivity contribution is 0.416. The monoisotopic (exact) mass is 601 g/mol. The van der Waals surface area contributed by atoms with Gasteiger partial charge in [-0.05, 0) is 54.1 Å². The Balaban J connectivity index is 1.29. The van der Waals surface area contributed by atoms with E-state index in [1.165, 1.54) is 24.8 Å². The topological polar surface area (TPSA) is 127 Å². The van der Waals surface area contributed by atoms with Crippen molar-refractivity contribution in [3.8, 4) is 28.4 Å². The smallest absolute Gasteiger partial charge is 0.227 e. The summed E-state index contributed by atoms with van der Waals surface area (Å²) >= 11 is 0. The lowest BCUT2D eigenvalue weighted by atomic mass is 10.1. The summed E-state index contributed by atoms with van der Waals surface area (Å²) in [7, 11) is -1.91. The molecule has 0 atom stereocenters. The number of methoxy groups -OCH3 is 1. The lowest BCUT2D eigenvalue weighted by Gasteiger charge is -2.12. The van der Waals surface area contributed by atoms with Gasteiger partial charge >= 0.3 is 0 Å². The molecule has 11 heteroatoms. The van der Waals surface area contributed by atoms with Crippen LogP contribution in [-0.2, 0) is 16.3 Å². The molecule has 4 aromatic heterocycles. The average Bonchev–Trinajstić information content (AvgIpc) is 3.62. The van der Waals surface area contributed by atoms with Crippen LogP contribution < -0.4 is 10.1 Å². The number of aromatic amines is 1. The highest BCUT2D eigenvalue weighted by Gasteiger charge is 2.19. The van der Waals surface area contributed by atoms with Gasteiger partial charge in [-0.25, -0.2) is 28.4 Å². The van der Waals surface area contributed by atoms with Gasteiger partial charge in [0.25, 0.3) is 0 Å². The molecular formula is C33H27N7O3S. The summed E-state index contributed by atoms with van der Waals surface area (Å²) < 4.78 is 31.8. The molecule has 218 valence electrons. The van der Waals surface area contributed by atoms with E-state index in [1.54, 1.807) is 12.3 Å². The van der Waals surface area contributed by atoms with Crippen molar-refractivity contribution in [1.29, 1.82) is 0 Å². The molecule has 10 nitrogen and oxygen atoms in total. The molecular weight excluding hydrogens is 574 g/mol. The Kier molecular flexibility index (Phi) is 6.78. The molecule has 0 fully saturated rings. The summed E-state index contributed by atoms with van der Waals surface area (Å²) in [5, 5.41) is 3.14. The number of hydrogen-bond donors (Lipinski definition) is 2. The van der Waals surface area contributed by atoms with E-state index < -0.39 is 9.84 Å². The quantitative estimate of drug-likeness (QED) is 0.215. The molecule has 0 radical (unpaired) electrons. The first-order chi connectivity index (χ1) is 21.4. The van der Waals surface area contributed by atoms with Gasteiger partial charge in [-0.1, -0.05) is 42.5 Å². The van der Waals surface area contributed by atoms with Crippen molar-refractivity contribution in [3.05, 3.63) is 115 Å². The summed E-state index contributed by atoms with van der Waals surface area (Å²) in [5.41, 5.74) is 7.24. The molecule has 0 bridgehead atoms. The van der Waals surface area contributed by atoms with Crippen LogP contribution in [0, 0.1) is 0 Å². The summed E-state index contributed by atoms with van der Waals surface area (Å²) in [4.78, 5) is 22.6. The molecule has 4 heterocycles. The molecule has 0 aliphatic heterocycles. The summed E-state index contributed by atoms with van der Waals surface area (Å²) in [5.74, 6) is 1.62. The molecule has 0 aliphatic rings. The number of benzene rings is 3. The third kappa shape index (κ3) is 5.25. The SMILES string of the molecule is COc1ccc(S(C)(=O)=O)cc1Nc1nccc(-c2c(-c3ccc4nc(Cc5ccccc5)[nH]c4c3)nc3ccccn23)n1. The van der Waals surface area contributed by atoms with E-state index in [0.717, 1.165) is 45.7 Å². The van der Waals surface area contributed by atoms with E-state index in [-0.39, 0.29) is 10.8 Å². The van der Waals surface area contributed by atoms with E-state index in [4.69, 9.17) is 19.7 Å². The van der Waals surface area contributed by atoms with E-state index >= 15 is 0 Å². The summed E-state index contributed by atoms with van der Waals surface area (Å²) in [6, 6.07) is 28.6. The first-order valence-electron chi connectivity index (χ1n) is 13.8. The number of imidazole rings is 2. The number of aromatic nitrogens is 6. The first kappa shape index (κ1) is 27.3. The average molecular weight is 602 g/mol. The Hall–Kier alpha value is -5.55. The predicted octanol–water partition coefficient (Wildman–Crippen LogP) is 6.08. The third-order valence-electron chi connectivity index (χ3n) is 7.29. The highest BCUT2D eigenvalue weighted by atomic mass is 32.2. The van der Waals surface area contributed by atoms with Crippen molar-refractivity contribution >= 4 is 38.2 Å². The molecule has 0 amide bonds. The minimum Gasteiger partial charge on any atom is -0.495 e. The maximum Gasteiger partial charge on any atom is 0.227 e. The maximum atomic E-state index is 12.2. The molecule has 3 aromatic carbocycles. The highest BCUT2D eigenvalue weighted by molar-refractivity contribution is 7.90. The zero-order chi connectivity index (χ0) is 30.3. The third-order valence-corrected chi connectivity index (χ3v) is 8.40. The van der Waals surface area contributed by atoms with Gasteiger partial charge in [0.1, 0.15) is 17.2 Å². The molecule has 0 spiro atoms. The Bertz CT molecular complexity index is 2260. The van der Waals surface area contributed by atoms with Crippen LogP contribution in [0.1, 0.15) is 11.4 Å². The predicted molar refractivity (Wildman–Crippen MR) is 170 cm³/mol. The van der Waals surface area contributed by atoms with Crippen LogP contribution in [0.3, 0.4) is 0 Å². The van der Waals surface area contributed by atoms with Gasteiger partial charge < -0.3 is 15.0 Å². The summed E-state index contributed by atoms with van der Waals surface area (Å²) in [6.07, 6.45) is 5.46. The standard InChI is InChI=1S/C33H27N7O3S/c1-43-28-14-12-23(44(2,41)42)20-27(28)38-33-34-16-15-25(37-33)32-31(39-30-10-6-7-17-40(30)32)22-11-13-24-26(19-22)36-29(35-24)18-21-8-4-3-5-9-21/h3-17,19-20H,18H2,1-2H3,(H,35,36)(H,34,37,38). The van der Waals surface area contributed by atoms with Gasteiger partial charge in [0, 0.05) is 30.6 Å². The van der Waals surface area contributed by atoms with Crippen molar-refractivity contribution in [1.82, 2.24) is 29.3 Å². The van der Waals surface area contributed by atoms with Crippen LogP contribution in [0.25, 0.3) is 39.3 Å². The van der Waals surface area contributed by atoms with E-state index in [9.17, 15) is 8.42 Å². The number of hydrogen-bond acceptors (Lipinski definition) is 8. The Morgan fingerprint density at radius 1 is 0.909 bits per heavy atom. The van der Waals surface area contributed by atoms with Crippen LogP contribution in [0.2, 0.25) is 0 Å². The molecule has 7 rings (SSSR count). The van der Waals surface area contributed by atoms with Crippen LogP contribution >= 0.6 is 0 Å². The molecule has 0 saturated heterocycles. The lowest BCUT2D eigenvalue weighted by Crippen LogP contribution is -2.03. The maximum absolute atomic E-state index is 12.2. The molecule has 7 aromatic rings. The van der Waals surface area contributed by atoms with Gasteiger partial charge in [-0.15, -0.1) is 0 Å². The minimum atomic E-state index is -3.43. The Morgan fingerprint density at radius 3 is 2.57 bits per heavy atom. The van der Waals surface area contributed by atoms with Crippen molar-refractivity contribution in [3.63, 3.8) is 0 Å². The zero-order valence-corrected chi connectivity index (χ0v) is 24.7. The van der Waals surface area contributed by atoms with Crippen LogP contribution in [-0.4, -0.2) is 51.1 Å². The highest BCUT2D eigenvalue weighted by Crippen LogP contribution is 2.34. The normalized spacial score (nSPS) is 11.7. The number of nitrogens with zero attached hydrogens (tertiary/aromatic N) is 5. The van der Waals surface area contributed by atoms with Crippen molar-refractivity contribution in [2.24, 2.45) is 0 Å². The van der Waals surface area contributed by atoms with Crippen LogP contribution in [0.4, 0.5) is 11.6 Å². The minimum absolute atomic E-state index is 0.155. The molecule has 44 heavy (non-hydrogen) atoms. The molecule has 0 aliphatic carbocycles. The number of sulfone groups is 1. The van der Waals surface area contributed by atoms with Crippen molar-refractivity contribution < 1.29 is 13.2 Å². The van der Waals surface area contributed by atoms with Crippen molar-refractivity contribution in [2.45, 2.75) is 11.3 Å². The van der Waals surface area contributed by atoms with Crippen molar-refractivity contribution in [2.75, 3.05) is 18.7 Å². The van der Waals surface area contributed by atoms with Gasteiger partial charge in [0.15, 0.2) is 9.84 Å². The Labute approximate surface area is 253 Å². The zero-order valence-electron chi connectivity index (χ0n) is 23.9. The summed E-state index contributed by atoms with van der Waals surface area (Å²) in [6.45, 7) is 0. The number of H-pyrrole nitrogens is 1. The number of pyridine rings is 1. The molecule has 2 N–H and O–H groups in total. The fraction of sp³-hybridized carbons (Fsp3) is 0.0909. The number of ether oxygens (including phenoxy) is 1. The molecule has 0 unspecified atom stereocenters. The largest absolute Gasteiger partial charge is 0.495 e. The van der Waals surface area contributed by atoms with Gasteiger partial charge in [-0.2, -0.15) is 0 Å². The van der Waals surface area contributed by atoms with E-state index in [2.05, 4.69) is 33.5 Å². The van der Waals surface area contributed by atoms with Crippen LogP contribution in [0.5, 0.6) is 5.75 Å². The van der Waals surface area contributed by atoms with Gasteiger partial charge in [0.05, 0.1) is 45.8 Å². The van der Waals surface area contributed by atoms with E-state index in [1.807, 2.05) is 65.2 Å². The molecule has 0 saturated carbocycles. The number of nitrogens with one attached hydrogen (secondary N) is 2. The number of fused-ring (bicyclic) bond motifs is 2. The first-order valence-corrected chi connectivity index (χ1v) is 15.7. The van der Waals surface area contributed by atoms with Crippen LogP contribution in [0.15, 0.2) is 108 Å². The number of anilines is 2. The fourth-order valence-corrected chi connectivity index (χ4v) is 5.86. The number of rotatable bonds is 8. The second-order valence-electron chi connectivity index (χ2n) is 10.3. The fourth-order valence-electron chi connectivity index (χ4n) is 5.21.